The summed E-state index contributed by atoms with van der Waals surface area (Å²) in [6, 6.07) is -0.0539. The molecule has 2 aliphatic carbocycles. The van der Waals surface area contributed by atoms with E-state index in [0.717, 1.165) is 49.8 Å². The van der Waals surface area contributed by atoms with Gasteiger partial charge in [-0.25, -0.2) is 14.8 Å². The summed E-state index contributed by atoms with van der Waals surface area (Å²) >= 11 is 0. The minimum atomic E-state index is -0.747. The molecule has 0 aromatic carbocycles. The quantitative estimate of drug-likeness (QED) is 0.609. The lowest BCUT2D eigenvalue weighted by Gasteiger charge is -2.30. The van der Waals surface area contributed by atoms with Gasteiger partial charge < -0.3 is 10.6 Å². The molecule has 4 unspecified atom stereocenters. The first-order valence-electron chi connectivity index (χ1n) is 8.44. The van der Waals surface area contributed by atoms with Crippen molar-refractivity contribution in [2.75, 3.05) is 6.54 Å². The maximum atomic E-state index is 13.8. The van der Waals surface area contributed by atoms with Crippen LogP contribution in [-0.4, -0.2) is 42.1 Å². The van der Waals surface area contributed by atoms with Crippen LogP contribution in [0.15, 0.2) is 11.3 Å². The number of halogens is 1. The molecule has 4 rings (SSSR count). The number of nitrogens with one attached hydrogen (secondary N) is 4. The van der Waals surface area contributed by atoms with Gasteiger partial charge in [-0.1, -0.05) is 12.8 Å². The normalized spacial score (nSPS) is 38.0. The summed E-state index contributed by atoms with van der Waals surface area (Å²) in [5.74, 6) is 0.0762. The van der Waals surface area contributed by atoms with Gasteiger partial charge >= 0.3 is 0 Å². The zero-order chi connectivity index (χ0) is 15.1. The lowest BCUT2D eigenvalue weighted by molar-refractivity contribution is -0.132. The molecule has 22 heavy (non-hydrogen) atoms. The number of allylic oxidation sites excluding steroid dienone is 1. The summed E-state index contributed by atoms with van der Waals surface area (Å²) in [5, 5.41) is 11.7. The number of fused-ring (bicyclic) bond motifs is 1. The van der Waals surface area contributed by atoms with Gasteiger partial charge in [0.1, 0.15) is 6.17 Å². The molecule has 6 nitrogen and oxygen atoms in total. The molecule has 1 saturated heterocycles. The average Bonchev–Trinajstić information content (AvgIpc) is 3.13. The van der Waals surface area contributed by atoms with E-state index in [0.29, 0.717) is 13.0 Å². The Bertz CT molecular complexity index is 496. The molecule has 7 heteroatoms. The van der Waals surface area contributed by atoms with Gasteiger partial charge in [-0.2, -0.15) is 0 Å². The zero-order valence-electron chi connectivity index (χ0n) is 12.7. The van der Waals surface area contributed by atoms with E-state index in [1.165, 1.54) is 0 Å². The van der Waals surface area contributed by atoms with Crippen molar-refractivity contribution in [3.05, 3.63) is 11.3 Å². The van der Waals surface area contributed by atoms with Gasteiger partial charge in [0.05, 0.1) is 6.17 Å². The van der Waals surface area contributed by atoms with E-state index in [9.17, 15) is 9.18 Å². The summed E-state index contributed by atoms with van der Waals surface area (Å²) in [5.41, 5.74) is 5.20. The van der Waals surface area contributed by atoms with Crippen molar-refractivity contribution in [1.82, 2.24) is 26.4 Å². The van der Waals surface area contributed by atoms with Crippen LogP contribution >= 0.6 is 0 Å². The lowest BCUT2D eigenvalue weighted by atomic mass is 9.93. The van der Waals surface area contributed by atoms with E-state index in [1.54, 1.807) is 5.01 Å². The minimum absolute atomic E-state index is 0.0539. The molecule has 1 saturated carbocycles. The second-order valence-corrected chi connectivity index (χ2v) is 6.70. The van der Waals surface area contributed by atoms with Crippen molar-refractivity contribution >= 4 is 5.91 Å². The van der Waals surface area contributed by atoms with Crippen molar-refractivity contribution in [1.29, 1.82) is 0 Å². The summed E-state index contributed by atoms with van der Waals surface area (Å²) in [7, 11) is 0. The van der Waals surface area contributed by atoms with Gasteiger partial charge in [-0.15, -0.1) is 0 Å². The monoisotopic (exact) mass is 309 g/mol. The lowest BCUT2D eigenvalue weighted by Crippen LogP contribution is -2.55. The second-order valence-electron chi connectivity index (χ2n) is 6.70. The predicted molar refractivity (Wildman–Crippen MR) is 79.9 cm³/mol. The van der Waals surface area contributed by atoms with E-state index in [4.69, 9.17) is 0 Å². The Hall–Kier alpha value is -1.18. The van der Waals surface area contributed by atoms with Gasteiger partial charge in [-0.05, 0) is 32.1 Å². The summed E-state index contributed by atoms with van der Waals surface area (Å²) in [6.45, 7) is 0.609. The number of hydrogen-bond acceptors (Lipinski definition) is 5. The highest BCUT2D eigenvalue weighted by Gasteiger charge is 2.41. The third-order valence-electron chi connectivity index (χ3n) is 5.18. The molecular weight excluding hydrogens is 285 g/mol. The van der Waals surface area contributed by atoms with Crippen molar-refractivity contribution in [3.63, 3.8) is 0 Å². The minimum Gasteiger partial charge on any atom is -0.355 e. The number of amides is 1. The summed E-state index contributed by atoms with van der Waals surface area (Å²) in [4.78, 5) is 12.4. The fourth-order valence-corrected chi connectivity index (χ4v) is 3.97. The Morgan fingerprint density at radius 2 is 2.09 bits per heavy atom. The van der Waals surface area contributed by atoms with Crippen LogP contribution in [0.2, 0.25) is 0 Å². The first-order valence-corrected chi connectivity index (χ1v) is 8.44. The van der Waals surface area contributed by atoms with Gasteiger partial charge in [0.2, 0.25) is 0 Å². The predicted octanol–water partition coefficient (Wildman–Crippen LogP) is 0.444. The van der Waals surface area contributed by atoms with Crippen LogP contribution in [0, 0.1) is 0 Å². The number of carbonyl (C=O) groups excluding carboxylic acids is 1. The number of alkyl halides is 1. The van der Waals surface area contributed by atoms with E-state index < -0.39 is 6.17 Å². The second kappa shape index (κ2) is 5.79. The molecule has 122 valence electrons. The Kier molecular flexibility index (Phi) is 3.79. The third kappa shape index (κ3) is 2.51. The standard InChI is InChI=1S/C15H24FN5O/c16-10-5-1-2-6-12(10)17-8-13-19-15-18-11-7-3-4-9(11)14(22)21(15)20-13/h10,12-13,15,17-20H,1-8H2. The Balaban J connectivity index is 1.33. The first kappa shape index (κ1) is 14.4. The van der Waals surface area contributed by atoms with Crippen LogP contribution in [0.4, 0.5) is 4.39 Å². The number of rotatable bonds is 3. The van der Waals surface area contributed by atoms with Crippen molar-refractivity contribution in [2.45, 2.75) is 69.6 Å². The van der Waals surface area contributed by atoms with Gasteiger partial charge in [0.15, 0.2) is 6.29 Å². The molecule has 4 aliphatic rings. The fourth-order valence-electron chi connectivity index (χ4n) is 3.97. The molecule has 2 fully saturated rings. The first-order chi connectivity index (χ1) is 10.7. The molecule has 2 aliphatic heterocycles. The highest BCUT2D eigenvalue weighted by Crippen LogP contribution is 2.30. The highest BCUT2D eigenvalue weighted by molar-refractivity contribution is 5.95. The maximum Gasteiger partial charge on any atom is 0.268 e. The van der Waals surface area contributed by atoms with Crippen LogP contribution in [0.25, 0.3) is 0 Å². The maximum absolute atomic E-state index is 13.8. The molecule has 0 aromatic heterocycles. The SMILES string of the molecule is O=C1C2=C(CCC2)NC2NC(CNC3CCCCC3F)NN12. The Morgan fingerprint density at radius 1 is 1.23 bits per heavy atom. The molecule has 0 spiro atoms. The molecule has 2 heterocycles. The molecule has 1 amide bonds. The van der Waals surface area contributed by atoms with Crippen LogP contribution in [-0.2, 0) is 4.79 Å². The van der Waals surface area contributed by atoms with E-state index >= 15 is 0 Å². The summed E-state index contributed by atoms with van der Waals surface area (Å²) < 4.78 is 13.8. The molecule has 4 atom stereocenters. The van der Waals surface area contributed by atoms with Crippen molar-refractivity contribution < 1.29 is 9.18 Å². The molecular formula is C15H24FN5O. The zero-order valence-corrected chi connectivity index (χ0v) is 12.7. The van der Waals surface area contributed by atoms with E-state index in [2.05, 4.69) is 21.4 Å². The third-order valence-corrected chi connectivity index (χ3v) is 5.18. The molecule has 4 N–H and O–H groups in total. The number of hydrogen-bond donors (Lipinski definition) is 4. The highest BCUT2D eigenvalue weighted by atomic mass is 19.1. The van der Waals surface area contributed by atoms with Gasteiger partial charge in [0.25, 0.3) is 5.91 Å². The number of nitrogens with zero attached hydrogens (tertiary/aromatic N) is 1. The summed E-state index contributed by atoms with van der Waals surface area (Å²) in [6.07, 6.45) is 5.52. The smallest absolute Gasteiger partial charge is 0.268 e. The van der Waals surface area contributed by atoms with E-state index in [-0.39, 0.29) is 24.4 Å². The van der Waals surface area contributed by atoms with Crippen molar-refractivity contribution in [2.24, 2.45) is 0 Å². The van der Waals surface area contributed by atoms with Crippen molar-refractivity contribution in [3.8, 4) is 0 Å². The fraction of sp³-hybridized carbons (Fsp3) is 0.800. The molecule has 0 aromatic rings. The number of hydrazine groups is 1. The van der Waals surface area contributed by atoms with Crippen LogP contribution < -0.4 is 21.4 Å². The van der Waals surface area contributed by atoms with Crippen LogP contribution in [0.5, 0.6) is 0 Å². The van der Waals surface area contributed by atoms with E-state index in [1.807, 2.05) is 0 Å². The molecule has 0 bridgehead atoms. The average molecular weight is 309 g/mol. The number of carbonyl (C=O) groups is 1. The van der Waals surface area contributed by atoms with Crippen LogP contribution in [0.1, 0.15) is 44.9 Å². The van der Waals surface area contributed by atoms with Gasteiger partial charge in [-0.3, -0.25) is 10.1 Å². The Morgan fingerprint density at radius 3 is 2.95 bits per heavy atom. The topological polar surface area (TPSA) is 68.4 Å². The van der Waals surface area contributed by atoms with Gasteiger partial charge in [0, 0.05) is 23.9 Å². The largest absolute Gasteiger partial charge is 0.355 e. The van der Waals surface area contributed by atoms with Crippen LogP contribution in [0.3, 0.4) is 0 Å². The molecule has 0 radical (unpaired) electrons. The Labute approximate surface area is 129 Å².